The van der Waals surface area contributed by atoms with Crippen LogP contribution in [0.15, 0.2) is 53.4 Å². The molecule has 2 N–H and O–H groups in total. The van der Waals surface area contributed by atoms with Crippen LogP contribution in [-0.4, -0.2) is 17.6 Å². The minimum atomic E-state index is -0.234. The molecule has 0 saturated heterocycles. The zero-order valence-corrected chi connectivity index (χ0v) is 14.1. The van der Waals surface area contributed by atoms with Crippen LogP contribution in [0.3, 0.4) is 0 Å². The van der Waals surface area contributed by atoms with Gasteiger partial charge in [0.15, 0.2) is 0 Å². The fourth-order valence-electron chi connectivity index (χ4n) is 1.89. The summed E-state index contributed by atoms with van der Waals surface area (Å²) in [6, 6.07) is 15.7. The lowest BCUT2D eigenvalue weighted by molar-refractivity contribution is -0.127. The van der Waals surface area contributed by atoms with Crippen molar-refractivity contribution in [1.29, 1.82) is 0 Å². The maximum atomic E-state index is 11.8. The van der Waals surface area contributed by atoms with E-state index in [0.717, 1.165) is 16.0 Å². The molecule has 0 atom stereocenters. The average Bonchev–Trinajstić information content (AvgIpc) is 2.54. The van der Waals surface area contributed by atoms with E-state index < -0.39 is 0 Å². The normalized spacial score (nSPS) is 10.2. The van der Waals surface area contributed by atoms with Crippen molar-refractivity contribution in [2.45, 2.75) is 25.2 Å². The number of benzene rings is 2. The predicted octanol–water partition coefficient (Wildman–Crippen LogP) is 2.79. The zero-order valence-electron chi connectivity index (χ0n) is 13.3. The summed E-state index contributed by atoms with van der Waals surface area (Å²) in [6.07, 6.45) is 0.242. The fraction of sp³-hybridized carbons (Fsp3) is 0.222. The molecule has 2 rings (SSSR count). The second-order valence-corrected chi connectivity index (χ2v) is 6.41. The topological polar surface area (TPSA) is 58.2 Å². The molecule has 0 unspecified atom stereocenters. The van der Waals surface area contributed by atoms with Crippen molar-refractivity contribution in [3.63, 3.8) is 0 Å². The zero-order chi connectivity index (χ0) is 16.7. The number of hydrogen-bond acceptors (Lipinski definition) is 3. The number of amides is 2. The van der Waals surface area contributed by atoms with Crippen molar-refractivity contribution in [3.8, 4) is 0 Å². The molecule has 2 amide bonds. The maximum absolute atomic E-state index is 11.8. The summed E-state index contributed by atoms with van der Waals surface area (Å²) in [7, 11) is 0. The van der Waals surface area contributed by atoms with Crippen LogP contribution in [0.4, 0.5) is 0 Å². The summed E-state index contributed by atoms with van der Waals surface area (Å²) in [5.74, 6) is -0.205. The van der Waals surface area contributed by atoms with Gasteiger partial charge in [-0.3, -0.25) is 20.4 Å². The molecule has 2 aromatic rings. The molecular formula is C18H20N2O2S. The third-order valence-electron chi connectivity index (χ3n) is 3.22. The number of nitrogens with one attached hydrogen (secondary N) is 2. The number of thioether (sulfide) groups is 1. The van der Waals surface area contributed by atoms with Gasteiger partial charge in [-0.05, 0) is 31.5 Å². The third-order valence-corrected chi connectivity index (χ3v) is 4.23. The second kappa shape index (κ2) is 8.39. The first-order valence-electron chi connectivity index (χ1n) is 7.35. The van der Waals surface area contributed by atoms with Crippen molar-refractivity contribution in [2.24, 2.45) is 0 Å². The van der Waals surface area contributed by atoms with E-state index in [9.17, 15) is 9.59 Å². The van der Waals surface area contributed by atoms with Gasteiger partial charge in [-0.2, -0.15) is 0 Å². The monoisotopic (exact) mass is 328 g/mol. The Balaban J connectivity index is 1.70. The summed E-state index contributed by atoms with van der Waals surface area (Å²) >= 11 is 1.43. The minimum Gasteiger partial charge on any atom is -0.273 e. The summed E-state index contributed by atoms with van der Waals surface area (Å²) in [5, 5.41) is 0. The highest BCUT2D eigenvalue weighted by Gasteiger charge is 2.06. The molecule has 0 aromatic heterocycles. The van der Waals surface area contributed by atoms with Gasteiger partial charge in [0.1, 0.15) is 0 Å². The van der Waals surface area contributed by atoms with Crippen molar-refractivity contribution in [1.82, 2.24) is 10.9 Å². The van der Waals surface area contributed by atoms with E-state index in [4.69, 9.17) is 0 Å². The Hall–Kier alpha value is -2.27. The van der Waals surface area contributed by atoms with Crippen molar-refractivity contribution < 1.29 is 9.59 Å². The van der Waals surface area contributed by atoms with Crippen LogP contribution in [0, 0.1) is 13.8 Å². The van der Waals surface area contributed by atoms with Gasteiger partial charge in [0.05, 0.1) is 12.2 Å². The van der Waals surface area contributed by atoms with Gasteiger partial charge in [-0.25, -0.2) is 0 Å². The SMILES string of the molecule is Cc1ccc(CC(=O)NNC(=O)CSc2ccc(C)cc2)cc1. The Morgan fingerprint density at radius 3 is 1.96 bits per heavy atom. The molecule has 0 radical (unpaired) electrons. The van der Waals surface area contributed by atoms with E-state index in [2.05, 4.69) is 10.9 Å². The number of carbonyl (C=O) groups is 2. The summed E-state index contributed by atoms with van der Waals surface area (Å²) < 4.78 is 0. The minimum absolute atomic E-state index is 0.229. The van der Waals surface area contributed by atoms with Gasteiger partial charge in [0, 0.05) is 4.90 Å². The molecule has 5 heteroatoms. The van der Waals surface area contributed by atoms with Gasteiger partial charge < -0.3 is 0 Å². The maximum Gasteiger partial charge on any atom is 0.248 e. The van der Waals surface area contributed by atoms with Gasteiger partial charge in [-0.1, -0.05) is 47.5 Å². The average molecular weight is 328 g/mol. The first-order chi connectivity index (χ1) is 11.0. The van der Waals surface area contributed by atoms with Gasteiger partial charge >= 0.3 is 0 Å². The highest BCUT2D eigenvalue weighted by molar-refractivity contribution is 8.00. The van der Waals surface area contributed by atoms with Gasteiger partial charge in [0.25, 0.3) is 0 Å². The lowest BCUT2D eigenvalue weighted by Crippen LogP contribution is -2.43. The first-order valence-corrected chi connectivity index (χ1v) is 8.34. The lowest BCUT2D eigenvalue weighted by Gasteiger charge is -2.08. The van der Waals surface area contributed by atoms with E-state index >= 15 is 0 Å². The molecule has 120 valence electrons. The van der Waals surface area contributed by atoms with Crippen LogP contribution < -0.4 is 10.9 Å². The number of aryl methyl sites for hydroxylation is 2. The third kappa shape index (κ3) is 6.16. The molecule has 0 aliphatic heterocycles. The predicted molar refractivity (Wildman–Crippen MR) is 93.1 cm³/mol. The Kier molecular flexibility index (Phi) is 6.23. The molecule has 0 aliphatic rings. The molecule has 2 aromatic carbocycles. The summed E-state index contributed by atoms with van der Waals surface area (Å²) in [4.78, 5) is 24.5. The number of carbonyl (C=O) groups excluding carboxylic acids is 2. The first kappa shape index (κ1) is 17.1. The van der Waals surface area contributed by atoms with Crippen LogP contribution in [0.5, 0.6) is 0 Å². The highest BCUT2D eigenvalue weighted by atomic mass is 32.2. The van der Waals surface area contributed by atoms with Crippen molar-refractivity contribution in [2.75, 3.05) is 5.75 Å². The number of hydrazine groups is 1. The van der Waals surface area contributed by atoms with Crippen LogP contribution in [0.25, 0.3) is 0 Å². The molecule has 0 spiro atoms. The smallest absolute Gasteiger partial charge is 0.248 e. The van der Waals surface area contributed by atoms with E-state index in [1.807, 2.05) is 62.4 Å². The molecular weight excluding hydrogens is 308 g/mol. The lowest BCUT2D eigenvalue weighted by atomic mass is 10.1. The van der Waals surface area contributed by atoms with Gasteiger partial charge in [0.2, 0.25) is 11.8 Å². The molecule has 0 aliphatic carbocycles. The molecule has 4 nitrogen and oxygen atoms in total. The number of hydrogen-bond donors (Lipinski definition) is 2. The molecule has 0 saturated carbocycles. The van der Waals surface area contributed by atoms with Crippen molar-refractivity contribution >= 4 is 23.6 Å². The summed E-state index contributed by atoms with van der Waals surface area (Å²) in [5.41, 5.74) is 8.12. The Labute approximate surface area is 140 Å². The second-order valence-electron chi connectivity index (χ2n) is 5.36. The highest BCUT2D eigenvalue weighted by Crippen LogP contribution is 2.17. The van der Waals surface area contributed by atoms with E-state index in [-0.39, 0.29) is 24.0 Å². The summed E-state index contributed by atoms with van der Waals surface area (Å²) in [6.45, 7) is 4.01. The molecule has 0 bridgehead atoms. The molecule has 23 heavy (non-hydrogen) atoms. The van der Waals surface area contributed by atoms with Crippen LogP contribution >= 0.6 is 11.8 Å². The molecule has 0 fully saturated rings. The van der Waals surface area contributed by atoms with Gasteiger partial charge in [-0.15, -0.1) is 11.8 Å². The van der Waals surface area contributed by atoms with E-state index in [1.54, 1.807) is 0 Å². The Bertz CT molecular complexity index is 666. The van der Waals surface area contributed by atoms with Crippen LogP contribution in [-0.2, 0) is 16.0 Å². The molecule has 0 heterocycles. The number of rotatable bonds is 5. The fourth-order valence-corrected chi connectivity index (χ4v) is 2.59. The quantitative estimate of drug-likeness (QED) is 0.655. The Morgan fingerprint density at radius 1 is 0.826 bits per heavy atom. The standard InChI is InChI=1S/C18H20N2O2S/c1-13-3-7-15(8-4-13)11-17(21)19-20-18(22)12-23-16-9-5-14(2)6-10-16/h3-10H,11-12H2,1-2H3,(H,19,21)(H,20,22). The van der Waals surface area contributed by atoms with Crippen LogP contribution in [0.1, 0.15) is 16.7 Å². The van der Waals surface area contributed by atoms with Crippen LogP contribution in [0.2, 0.25) is 0 Å². The van der Waals surface area contributed by atoms with E-state index in [0.29, 0.717) is 0 Å². The Morgan fingerprint density at radius 2 is 1.35 bits per heavy atom. The van der Waals surface area contributed by atoms with Crippen molar-refractivity contribution in [3.05, 3.63) is 65.2 Å². The largest absolute Gasteiger partial charge is 0.273 e. The van der Waals surface area contributed by atoms with E-state index in [1.165, 1.54) is 17.3 Å².